The molecule has 0 bridgehead atoms. The van der Waals surface area contributed by atoms with Crippen molar-refractivity contribution in [3.05, 3.63) is 59.4 Å². The van der Waals surface area contributed by atoms with Crippen molar-refractivity contribution in [2.24, 2.45) is 0 Å². The van der Waals surface area contributed by atoms with Crippen LogP contribution >= 0.6 is 0 Å². The Bertz CT molecular complexity index is 586. The Morgan fingerprint density at radius 2 is 2.10 bits per heavy atom. The van der Waals surface area contributed by atoms with Gasteiger partial charge in [0.05, 0.1) is 6.54 Å². The average Bonchev–Trinajstić information content (AvgIpc) is 2.90. The van der Waals surface area contributed by atoms with Crippen LogP contribution in [-0.4, -0.2) is 10.5 Å². The summed E-state index contributed by atoms with van der Waals surface area (Å²) in [5.41, 5.74) is 3.69. The Hall–Kier alpha value is -2.03. The minimum Gasteiger partial charge on any atom is -0.351 e. The number of nitrogens with zero attached hydrogens (tertiary/aromatic N) is 1. The van der Waals surface area contributed by atoms with Crippen LogP contribution in [0.5, 0.6) is 0 Å². The maximum absolute atomic E-state index is 11.7. The van der Waals surface area contributed by atoms with Gasteiger partial charge in [-0.3, -0.25) is 4.79 Å². The zero-order chi connectivity index (χ0) is 15.1. The summed E-state index contributed by atoms with van der Waals surface area (Å²) in [5, 5.41) is 3.00. The Labute approximate surface area is 127 Å². The third kappa shape index (κ3) is 4.78. The Morgan fingerprint density at radius 1 is 1.24 bits per heavy atom. The first-order chi connectivity index (χ1) is 10.2. The van der Waals surface area contributed by atoms with Crippen molar-refractivity contribution in [3.63, 3.8) is 0 Å². The summed E-state index contributed by atoms with van der Waals surface area (Å²) in [4.78, 5) is 11.7. The van der Waals surface area contributed by atoms with Crippen molar-refractivity contribution in [2.45, 2.75) is 46.2 Å². The van der Waals surface area contributed by atoms with E-state index in [-0.39, 0.29) is 5.91 Å². The number of carbonyl (C=O) groups excluding carboxylic acids is 1. The number of hydrogen-bond acceptors (Lipinski definition) is 1. The standard InChI is InChI=1S/C18H24N2O/c1-3-4-10-18(21)19-13-17-9-6-11-20(17)14-16-8-5-7-15(2)12-16/h5-9,11-12H,3-4,10,13-14H2,1-2H3,(H,19,21). The predicted molar refractivity (Wildman–Crippen MR) is 86.1 cm³/mol. The van der Waals surface area contributed by atoms with E-state index in [1.165, 1.54) is 11.1 Å². The number of rotatable bonds is 7. The Morgan fingerprint density at radius 3 is 2.86 bits per heavy atom. The maximum atomic E-state index is 11.7. The lowest BCUT2D eigenvalue weighted by molar-refractivity contribution is -0.121. The average molecular weight is 284 g/mol. The van der Waals surface area contributed by atoms with Gasteiger partial charge in [0.2, 0.25) is 5.91 Å². The molecule has 1 heterocycles. The molecule has 2 rings (SSSR count). The highest BCUT2D eigenvalue weighted by molar-refractivity contribution is 5.75. The molecule has 112 valence electrons. The smallest absolute Gasteiger partial charge is 0.220 e. The molecule has 0 saturated carbocycles. The highest BCUT2D eigenvalue weighted by atomic mass is 16.1. The number of benzene rings is 1. The van der Waals surface area contributed by atoms with E-state index >= 15 is 0 Å². The molecule has 1 N–H and O–H groups in total. The van der Waals surface area contributed by atoms with Gasteiger partial charge in [-0.2, -0.15) is 0 Å². The van der Waals surface area contributed by atoms with E-state index in [2.05, 4.69) is 60.3 Å². The van der Waals surface area contributed by atoms with Crippen LogP contribution in [0.2, 0.25) is 0 Å². The summed E-state index contributed by atoms with van der Waals surface area (Å²) in [6.45, 7) is 5.64. The number of nitrogens with one attached hydrogen (secondary N) is 1. The number of aromatic nitrogens is 1. The highest BCUT2D eigenvalue weighted by Crippen LogP contribution is 2.10. The normalized spacial score (nSPS) is 10.6. The number of amides is 1. The third-order valence-electron chi connectivity index (χ3n) is 3.58. The van der Waals surface area contributed by atoms with E-state index in [4.69, 9.17) is 0 Å². The summed E-state index contributed by atoms with van der Waals surface area (Å²) in [6.07, 6.45) is 4.69. The van der Waals surface area contributed by atoms with Crippen LogP contribution in [0.15, 0.2) is 42.6 Å². The number of hydrogen-bond donors (Lipinski definition) is 1. The second-order valence-corrected chi connectivity index (χ2v) is 5.50. The van der Waals surface area contributed by atoms with Crippen molar-refractivity contribution in [1.29, 1.82) is 0 Å². The summed E-state index contributed by atoms with van der Waals surface area (Å²) >= 11 is 0. The molecule has 2 aromatic rings. The largest absolute Gasteiger partial charge is 0.351 e. The molecular formula is C18H24N2O. The van der Waals surface area contributed by atoms with E-state index < -0.39 is 0 Å². The van der Waals surface area contributed by atoms with Crippen LogP contribution in [0.4, 0.5) is 0 Å². The van der Waals surface area contributed by atoms with Gasteiger partial charge in [0.1, 0.15) is 0 Å². The van der Waals surface area contributed by atoms with Gasteiger partial charge in [-0.15, -0.1) is 0 Å². The number of unbranched alkanes of at least 4 members (excludes halogenated alkanes) is 1. The maximum Gasteiger partial charge on any atom is 0.220 e. The molecule has 1 amide bonds. The Kier molecular flexibility index (Phi) is 5.61. The summed E-state index contributed by atoms with van der Waals surface area (Å²) in [5.74, 6) is 0.139. The second kappa shape index (κ2) is 7.67. The summed E-state index contributed by atoms with van der Waals surface area (Å²) < 4.78 is 2.19. The van der Waals surface area contributed by atoms with Gasteiger partial charge in [0, 0.05) is 24.9 Å². The fourth-order valence-electron chi connectivity index (χ4n) is 2.39. The molecule has 0 saturated heterocycles. The molecule has 3 nitrogen and oxygen atoms in total. The predicted octanol–water partition coefficient (Wildman–Crippen LogP) is 3.65. The first-order valence-corrected chi connectivity index (χ1v) is 7.65. The van der Waals surface area contributed by atoms with Crippen molar-refractivity contribution in [1.82, 2.24) is 9.88 Å². The number of carbonyl (C=O) groups is 1. The topological polar surface area (TPSA) is 34.0 Å². The molecule has 0 unspecified atom stereocenters. The molecule has 0 spiro atoms. The van der Waals surface area contributed by atoms with Gasteiger partial charge < -0.3 is 9.88 Å². The molecule has 3 heteroatoms. The van der Waals surface area contributed by atoms with E-state index in [0.29, 0.717) is 13.0 Å². The van der Waals surface area contributed by atoms with Crippen LogP contribution in [0.1, 0.15) is 43.0 Å². The lowest BCUT2D eigenvalue weighted by atomic mass is 10.1. The molecule has 0 aliphatic rings. The molecule has 0 fully saturated rings. The van der Waals surface area contributed by atoms with Gasteiger partial charge in [0.25, 0.3) is 0 Å². The highest BCUT2D eigenvalue weighted by Gasteiger charge is 2.05. The fourth-order valence-corrected chi connectivity index (χ4v) is 2.39. The van der Waals surface area contributed by atoms with Gasteiger partial charge in [0.15, 0.2) is 0 Å². The first kappa shape index (κ1) is 15.4. The SMILES string of the molecule is CCCCC(=O)NCc1cccn1Cc1cccc(C)c1. The summed E-state index contributed by atoms with van der Waals surface area (Å²) in [6, 6.07) is 12.6. The van der Waals surface area contributed by atoms with Crippen LogP contribution in [0.25, 0.3) is 0 Å². The zero-order valence-electron chi connectivity index (χ0n) is 12.9. The fraction of sp³-hybridized carbons (Fsp3) is 0.389. The second-order valence-electron chi connectivity index (χ2n) is 5.50. The van der Waals surface area contributed by atoms with Gasteiger partial charge in [-0.1, -0.05) is 43.2 Å². The van der Waals surface area contributed by atoms with Crippen molar-refractivity contribution >= 4 is 5.91 Å². The minimum absolute atomic E-state index is 0.139. The van der Waals surface area contributed by atoms with Gasteiger partial charge in [-0.25, -0.2) is 0 Å². The Balaban J connectivity index is 1.94. The third-order valence-corrected chi connectivity index (χ3v) is 3.58. The first-order valence-electron chi connectivity index (χ1n) is 7.65. The van der Waals surface area contributed by atoms with Crippen molar-refractivity contribution < 1.29 is 4.79 Å². The van der Waals surface area contributed by atoms with Crippen LogP contribution in [0.3, 0.4) is 0 Å². The van der Waals surface area contributed by atoms with E-state index in [9.17, 15) is 4.79 Å². The quantitative estimate of drug-likeness (QED) is 0.827. The molecule has 0 atom stereocenters. The molecule has 1 aromatic carbocycles. The van der Waals surface area contributed by atoms with Crippen LogP contribution in [-0.2, 0) is 17.9 Å². The van der Waals surface area contributed by atoms with Crippen LogP contribution in [0, 0.1) is 6.92 Å². The van der Waals surface area contributed by atoms with Crippen molar-refractivity contribution in [3.8, 4) is 0 Å². The minimum atomic E-state index is 0.139. The van der Waals surface area contributed by atoms with E-state index in [1.54, 1.807) is 0 Å². The molecular weight excluding hydrogens is 260 g/mol. The molecule has 0 radical (unpaired) electrons. The van der Waals surface area contributed by atoms with E-state index in [1.807, 2.05) is 6.07 Å². The van der Waals surface area contributed by atoms with Crippen molar-refractivity contribution in [2.75, 3.05) is 0 Å². The monoisotopic (exact) mass is 284 g/mol. The summed E-state index contributed by atoms with van der Waals surface area (Å²) in [7, 11) is 0. The van der Waals surface area contributed by atoms with Gasteiger partial charge in [-0.05, 0) is 31.0 Å². The number of aryl methyl sites for hydroxylation is 1. The van der Waals surface area contributed by atoms with Crippen LogP contribution < -0.4 is 5.32 Å². The lowest BCUT2D eigenvalue weighted by Gasteiger charge is -2.11. The zero-order valence-corrected chi connectivity index (χ0v) is 12.9. The van der Waals surface area contributed by atoms with E-state index in [0.717, 1.165) is 25.1 Å². The van der Waals surface area contributed by atoms with Gasteiger partial charge >= 0.3 is 0 Å². The molecule has 1 aromatic heterocycles. The molecule has 21 heavy (non-hydrogen) atoms. The lowest BCUT2D eigenvalue weighted by Crippen LogP contribution is -2.23. The molecule has 0 aliphatic carbocycles. The molecule has 0 aliphatic heterocycles.